The number of aliphatic hydroxyl groups excluding tert-OH is 1. The fourth-order valence-electron chi connectivity index (χ4n) is 0.910. The van der Waals surface area contributed by atoms with Gasteiger partial charge in [-0.25, -0.2) is 4.98 Å². The lowest BCUT2D eigenvalue weighted by Crippen LogP contribution is -2.19. The van der Waals surface area contributed by atoms with Gasteiger partial charge in [-0.3, -0.25) is 0 Å². The molecule has 1 rings (SSSR count). The Morgan fingerprint density at radius 3 is 2.75 bits per heavy atom. The third kappa shape index (κ3) is 2.84. The molecule has 2 nitrogen and oxygen atoms in total. The molecule has 0 fully saturated rings. The van der Waals surface area contributed by atoms with Crippen molar-refractivity contribution in [1.82, 2.24) is 4.98 Å². The lowest BCUT2D eigenvalue weighted by atomic mass is 9.89. The maximum Gasteiger partial charge on any atom is 0.159 e. The molecule has 0 spiro atoms. The lowest BCUT2D eigenvalue weighted by molar-refractivity contribution is 0.159. The molecule has 0 unspecified atom stereocenters. The summed E-state index contributed by atoms with van der Waals surface area (Å²) in [5.41, 5.74) is 0.985. The quantitative estimate of drug-likeness (QED) is 0.893. The maximum atomic E-state index is 9.03. The van der Waals surface area contributed by atoms with E-state index in [-0.39, 0.29) is 12.0 Å². The number of hydrogen-bond donors (Lipinski definition) is 1. The number of halogens is 1. The zero-order valence-electron chi connectivity index (χ0n) is 7.17. The van der Waals surface area contributed by atoms with Gasteiger partial charge < -0.3 is 5.11 Å². The molecule has 12 heavy (non-hydrogen) atoms. The molecule has 1 N–H and O–H groups in total. The van der Waals surface area contributed by atoms with Crippen LogP contribution in [0.5, 0.6) is 0 Å². The average Bonchev–Trinajstić information content (AvgIpc) is 2.35. The van der Waals surface area contributed by atoms with Gasteiger partial charge in [0.05, 0.1) is 5.69 Å². The highest BCUT2D eigenvalue weighted by molar-refractivity contribution is 9.11. The number of aliphatic hydroxyl groups is 1. The molecule has 0 bridgehead atoms. The molecule has 68 valence electrons. The first-order valence-corrected chi connectivity index (χ1v) is 5.41. The van der Waals surface area contributed by atoms with Crippen LogP contribution in [0.4, 0.5) is 0 Å². The summed E-state index contributed by atoms with van der Waals surface area (Å²) in [7, 11) is 0. The van der Waals surface area contributed by atoms with Crippen molar-refractivity contribution in [2.45, 2.75) is 20.3 Å². The molecule has 0 radical (unpaired) electrons. The van der Waals surface area contributed by atoms with Gasteiger partial charge in [0.25, 0.3) is 0 Å². The van der Waals surface area contributed by atoms with Crippen molar-refractivity contribution in [3.8, 4) is 0 Å². The Hall–Kier alpha value is 0.0700. The highest BCUT2D eigenvalue weighted by atomic mass is 79.9. The molecule has 1 heterocycles. The van der Waals surface area contributed by atoms with Gasteiger partial charge in [0.2, 0.25) is 0 Å². The van der Waals surface area contributed by atoms with Gasteiger partial charge in [0.1, 0.15) is 0 Å². The molecule has 0 amide bonds. The molecule has 0 aliphatic heterocycles. The van der Waals surface area contributed by atoms with Crippen LogP contribution in [-0.2, 0) is 6.42 Å². The molecule has 0 saturated heterocycles. The number of rotatable bonds is 3. The minimum atomic E-state index is -0.0620. The van der Waals surface area contributed by atoms with E-state index in [2.05, 4.69) is 20.9 Å². The van der Waals surface area contributed by atoms with Crippen LogP contribution in [0.3, 0.4) is 0 Å². The van der Waals surface area contributed by atoms with E-state index in [0.717, 1.165) is 16.0 Å². The Morgan fingerprint density at radius 1 is 1.67 bits per heavy atom. The van der Waals surface area contributed by atoms with Gasteiger partial charge in [-0.05, 0) is 27.8 Å². The highest BCUT2D eigenvalue weighted by Gasteiger charge is 2.18. The van der Waals surface area contributed by atoms with Crippen LogP contribution in [0.1, 0.15) is 19.5 Å². The molecule has 0 aromatic carbocycles. The Morgan fingerprint density at radius 2 is 2.33 bits per heavy atom. The predicted octanol–water partition coefficient (Wildman–Crippen LogP) is 2.47. The van der Waals surface area contributed by atoms with Gasteiger partial charge in [-0.1, -0.05) is 13.8 Å². The summed E-state index contributed by atoms with van der Waals surface area (Å²) < 4.78 is 0.909. The van der Waals surface area contributed by atoms with E-state index in [1.54, 1.807) is 11.3 Å². The van der Waals surface area contributed by atoms with Crippen LogP contribution in [0.2, 0.25) is 0 Å². The van der Waals surface area contributed by atoms with Gasteiger partial charge in [-0.2, -0.15) is 0 Å². The smallest absolute Gasteiger partial charge is 0.159 e. The molecule has 4 heteroatoms. The second-order valence-corrected chi connectivity index (χ2v) is 5.73. The Bertz CT molecular complexity index is 259. The summed E-state index contributed by atoms with van der Waals surface area (Å²) in [6.07, 6.45) is 0.825. The fraction of sp³-hybridized carbons (Fsp3) is 0.625. The van der Waals surface area contributed by atoms with Crippen LogP contribution in [-0.4, -0.2) is 16.7 Å². The van der Waals surface area contributed by atoms with Crippen LogP contribution in [0, 0.1) is 5.41 Å². The average molecular weight is 250 g/mol. The monoisotopic (exact) mass is 249 g/mol. The van der Waals surface area contributed by atoms with Crippen LogP contribution >= 0.6 is 27.3 Å². The van der Waals surface area contributed by atoms with Crippen LogP contribution in [0.25, 0.3) is 0 Å². The SMILES string of the molecule is CC(C)(CO)Cc1csc(Br)n1. The maximum absolute atomic E-state index is 9.03. The normalized spacial score (nSPS) is 12.0. The second-order valence-electron chi connectivity index (χ2n) is 3.59. The van der Waals surface area contributed by atoms with E-state index in [4.69, 9.17) is 5.11 Å². The first-order valence-electron chi connectivity index (χ1n) is 3.74. The van der Waals surface area contributed by atoms with E-state index < -0.39 is 0 Å². The Kier molecular flexibility index (Phi) is 3.26. The molecule has 1 aromatic heterocycles. The Balaban J connectivity index is 2.63. The minimum Gasteiger partial charge on any atom is -0.396 e. The standard InChI is InChI=1S/C8H12BrNOS/c1-8(2,5-11)3-6-4-12-7(9)10-6/h4,11H,3,5H2,1-2H3. The predicted molar refractivity (Wildman–Crippen MR) is 54.4 cm³/mol. The second kappa shape index (κ2) is 3.85. The van der Waals surface area contributed by atoms with Crippen LogP contribution in [0.15, 0.2) is 9.30 Å². The van der Waals surface area contributed by atoms with Crippen molar-refractivity contribution < 1.29 is 5.11 Å². The minimum absolute atomic E-state index is 0.0620. The summed E-state index contributed by atoms with van der Waals surface area (Å²) in [4.78, 5) is 4.27. The van der Waals surface area contributed by atoms with Crippen molar-refractivity contribution in [3.63, 3.8) is 0 Å². The molecule has 0 aliphatic rings. The molecule has 0 saturated carbocycles. The van der Waals surface area contributed by atoms with Gasteiger partial charge in [-0.15, -0.1) is 11.3 Å². The zero-order chi connectivity index (χ0) is 9.19. The summed E-state index contributed by atoms with van der Waals surface area (Å²) in [6.45, 7) is 4.25. The topological polar surface area (TPSA) is 33.1 Å². The third-order valence-electron chi connectivity index (χ3n) is 1.61. The van der Waals surface area contributed by atoms with E-state index in [9.17, 15) is 0 Å². The van der Waals surface area contributed by atoms with Crippen molar-refractivity contribution in [1.29, 1.82) is 0 Å². The van der Waals surface area contributed by atoms with Crippen molar-refractivity contribution in [2.24, 2.45) is 5.41 Å². The first-order chi connectivity index (χ1) is 5.53. The first kappa shape index (κ1) is 10.2. The number of aromatic nitrogens is 1. The molecule has 0 aliphatic carbocycles. The van der Waals surface area contributed by atoms with Crippen molar-refractivity contribution >= 4 is 27.3 Å². The van der Waals surface area contributed by atoms with Crippen molar-refractivity contribution in [3.05, 3.63) is 15.0 Å². The van der Waals surface area contributed by atoms with Gasteiger partial charge in [0, 0.05) is 12.0 Å². The van der Waals surface area contributed by atoms with Gasteiger partial charge >= 0.3 is 0 Å². The summed E-state index contributed by atoms with van der Waals surface area (Å²) in [5, 5.41) is 11.0. The van der Waals surface area contributed by atoms with E-state index in [1.807, 2.05) is 19.2 Å². The third-order valence-corrected chi connectivity index (χ3v) is 3.03. The zero-order valence-corrected chi connectivity index (χ0v) is 9.57. The molecule has 0 atom stereocenters. The van der Waals surface area contributed by atoms with Crippen LogP contribution < -0.4 is 0 Å². The molecular formula is C8H12BrNOS. The fourth-order valence-corrected chi connectivity index (χ4v) is 1.96. The largest absolute Gasteiger partial charge is 0.396 e. The lowest BCUT2D eigenvalue weighted by Gasteiger charge is -2.19. The summed E-state index contributed by atoms with van der Waals surface area (Å²) >= 11 is 4.89. The number of nitrogens with zero attached hydrogens (tertiary/aromatic N) is 1. The number of hydrogen-bond acceptors (Lipinski definition) is 3. The molecule has 1 aromatic rings. The van der Waals surface area contributed by atoms with Crippen molar-refractivity contribution in [2.75, 3.05) is 6.61 Å². The Labute approximate surface area is 84.8 Å². The summed E-state index contributed by atoms with van der Waals surface area (Å²) in [6, 6.07) is 0. The molecular weight excluding hydrogens is 238 g/mol. The summed E-state index contributed by atoms with van der Waals surface area (Å²) in [5.74, 6) is 0. The van der Waals surface area contributed by atoms with E-state index >= 15 is 0 Å². The number of thiazole rings is 1. The van der Waals surface area contributed by atoms with E-state index in [0.29, 0.717) is 0 Å². The van der Waals surface area contributed by atoms with Gasteiger partial charge in [0.15, 0.2) is 3.92 Å². The van der Waals surface area contributed by atoms with E-state index in [1.165, 1.54) is 0 Å². The highest BCUT2D eigenvalue weighted by Crippen LogP contribution is 2.23.